The molecule has 2 heteroatoms. The van der Waals surface area contributed by atoms with Gasteiger partial charge in [-0.2, -0.15) is 0 Å². The summed E-state index contributed by atoms with van der Waals surface area (Å²) in [6.45, 7) is 14.7. The molecule has 14 heavy (non-hydrogen) atoms. The third-order valence-electron chi connectivity index (χ3n) is 3.42. The standard InChI is InChI=1S/C12H26N2/c1-6-10-11(13)12(5,7-2)14(8-3)9-4/h6,11H,1,7-10,13H2,2-5H3. The minimum atomic E-state index is 0.109. The van der Waals surface area contributed by atoms with Crippen LogP contribution in [0.2, 0.25) is 0 Å². The van der Waals surface area contributed by atoms with Gasteiger partial charge in [0.1, 0.15) is 0 Å². The minimum Gasteiger partial charge on any atom is -0.326 e. The quantitative estimate of drug-likeness (QED) is 0.637. The summed E-state index contributed by atoms with van der Waals surface area (Å²) >= 11 is 0. The van der Waals surface area contributed by atoms with Crippen LogP contribution in [0.4, 0.5) is 0 Å². The van der Waals surface area contributed by atoms with Crippen LogP contribution in [-0.4, -0.2) is 29.6 Å². The zero-order valence-corrected chi connectivity index (χ0v) is 10.2. The van der Waals surface area contributed by atoms with Crippen molar-refractivity contribution in [3.05, 3.63) is 12.7 Å². The van der Waals surface area contributed by atoms with Gasteiger partial charge in [-0.3, -0.25) is 4.90 Å². The van der Waals surface area contributed by atoms with Gasteiger partial charge in [0.2, 0.25) is 0 Å². The summed E-state index contributed by atoms with van der Waals surface area (Å²) in [5.74, 6) is 0. The Morgan fingerprint density at radius 1 is 1.36 bits per heavy atom. The summed E-state index contributed by atoms with van der Waals surface area (Å²) in [4.78, 5) is 2.45. The Bertz CT molecular complexity index is 164. The lowest BCUT2D eigenvalue weighted by Gasteiger charge is -2.44. The number of nitrogens with zero attached hydrogens (tertiary/aromatic N) is 1. The molecule has 0 saturated carbocycles. The topological polar surface area (TPSA) is 29.3 Å². The van der Waals surface area contributed by atoms with Crippen LogP contribution in [0.25, 0.3) is 0 Å². The molecule has 0 aliphatic carbocycles. The molecule has 0 aliphatic heterocycles. The Labute approximate surface area is 89.2 Å². The van der Waals surface area contributed by atoms with Crippen molar-refractivity contribution < 1.29 is 0 Å². The maximum absolute atomic E-state index is 6.21. The number of hydrogen-bond acceptors (Lipinski definition) is 2. The molecule has 0 aromatic rings. The van der Waals surface area contributed by atoms with Gasteiger partial charge in [0, 0.05) is 11.6 Å². The Morgan fingerprint density at radius 3 is 2.14 bits per heavy atom. The molecule has 0 aromatic carbocycles. The highest BCUT2D eigenvalue weighted by Crippen LogP contribution is 2.24. The fourth-order valence-electron chi connectivity index (χ4n) is 2.10. The van der Waals surface area contributed by atoms with Crippen LogP contribution >= 0.6 is 0 Å². The average molecular weight is 198 g/mol. The molecule has 0 saturated heterocycles. The normalized spacial score (nSPS) is 17.9. The van der Waals surface area contributed by atoms with E-state index in [1.165, 1.54) is 0 Å². The van der Waals surface area contributed by atoms with E-state index in [2.05, 4.69) is 39.2 Å². The summed E-state index contributed by atoms with van der Waals surface area (Å²) in [6.07, 6.45) is 3.90. The predicted octanol–water partition coefficient (Wildman–Crippen LogP) is 2.40. The van der Waals surface area contributed by atoms with Crippen LogP contribution in [-0.2, 0) is 0 Å². The van der Waals surface area contributed by atoms with Crippen molar-refractivity contribution in [2.45, 2.75) is 52.1 Å². The van der Waals surface area contributed by atoms with E-state index in [4.69, 9.17) is 5.73 Å². The van der Waals surface area contributed by atoms with Crippen molar-refractivity contribution >= 4 is 0 Å². The summed E-state index contributed by atoms with van der Waals surface area (Å²) in [5.41, 5.74) is 6.32. The molecule has 0 radical (unpaired) electrons. The molecule has 0 aromatic heterocycles. The summed E-state index contributed by atoms with van der Waals surface area (Å²) in [5, 5.41) is 0. The second kappa shape index (κ2) is 6.20. The fourth-order valence-corrected chi connectivity index (χ4v) is 2.10. The van der Waals surface area contributed by atoms with Crippen molar-refractivity contribution in [2.24, 2.45) is 5.73 Å². The number of nitrogens with two attached hydrogens (primary N) is 1. The summed E-state index contributed by atoms with van der Waals surface area (Å²) < 4.78 is 0. The SMILES string of the molecule is C=CCC(N)C(C)(CC)N(CC)CC. The van der Waals surface area contributed by atoms with E-state index in [1.807, 2.05) is 6.08 Å². The van der Waals surface area contributed by atoms with Crippen molar-refractivity contribution in [1.29, 1.82) is 0 Å². The van der Waals surface area contributed by atoms with E-state index in [1.54, 1.807) is 0 Å². The Hall–Kier alpha value is -0.340. The van der Waals surface area contributed by atoms with Crippen molar-refractivity contribution in [2.75, 3.05) is 13.1 Å². The van der Waals surface area contributed by atoms with Crippen molar-refractivity contribution in [1.82, 2.24) is 4.90 Å². The molecule has 2 unspecified atom stereocenters. The van der Waals surface area contributed by atoms with Crippen molar-refractivity contribution in [3.63, 3.8) is 0 Å². The maximum atomic E-state index is 6.21. The molecule has 2 nitrogen and oxygen atoms in total. The number of rotatable bonds is 7. The van der Waals surface area contributed by atoms with Crippen LogP contribution < -0.4 is 5.73 Å². The molecule has 0 fully saturated rings. The first-order valence-corrected chi connectivity index (χ1v) is 5.68. The molecule has 0 aliphatic rings. The van der Waals surface area contributed by atoms with Gasteiger partial charge in [0.25, 0.3) is 0 Å². The van der Waals surface area contributed by atoms with Gasteiger partial charge in [-0.15, -0.1) is 6.58 Å². The van der Waals surface area contributed by atoms with E-state index in [0.29, 0.717) is 0 Å². The first-order chi connectivity index (χ1) is 6.56. The van der Waals surface area contributed by atoms with Crippen molar-refractivity contribution in [3.8, 4) is 0 Å². The van der Waals surface area contributed by atoms with Crippen LogP contribution in [0.5, 0.6) is 0 Å². The number of likely N-dealkylation sites (N-methyl/N-ethyl adjacent to an activating group) is 1. The molecule has 0 amide bonds. The van der Waals surface area contributed by atoms with Crippen LogP contribution in [0.3, 0.4) is 0 Å². The van der Waals surface area contributed by atoms with Gasteiger partial charge < -0.3 is 5.73 Å². The Balaban J connectivity index is 4.65. The fraction of sp³-hybridized carbons (Fsp3) is 0.833. The summed E-state index contributed by atoms with van der Waals surface area (Å²) in [6, 6.07) is 0.185. The van der Waals surface area contributed by atoms with E-state index >= 15 is 0 Å². The monoisotopic (exact) mass is 198 g/mol. The third-order valence-corrected chi connectivity index (χ3v) is 3.42. The molecular weight excluding hydrogens is 172 g/mol. The van der Waals surface area contributed by atoms with Gasteiger partial charge in [0.15, 0.2) is 0 Å². The van der Waals surface area contributed by atoms with E-state index < -0.39 is 0 Å². The second-order valence-electron chi connectivity index (χ2n) is 4.01. The highest BCUT2D eigenvalue weighted by atomic mass is 15.2. The first kappa shape index (κ1) is 13.7. The zero-order valence-electron chi connectivity index (χ0n) is 10.2. The lowest BCUT2D eigenvalue weighted by atomic mass is 9.86. The summed E-state index contributed by atoms with van der Waals surface area (Å²) in [7, 11) is 0. The Morgan fingerprint density at radius 2 is 1.86 bits per heavy atom. The smallest absolute Gasteiger partial charge is 0.0332 e. The molecule has 2 N–H and O–H groups in total. The van der Waals surface area contributed by atoms with Gasteiger partial charge in [-0.1, -0.05) is 26.8 Å². The minimum absolute atomic E-state index is 0.109. The van der Waals surface area contributed by atoms with Crippen LogP contribution in [0.15, 0.2) is 12.7 Å². The Kier molecular flexibility index (Phi) is 6.05. The molecule has 84 valence electrons. The second-order valence-corrected chi connectivity index (χ2v) is 4.01. The third kappa shape index (κ3) is 2.82. The van der Waals surface area contributed by atoms with Gasteiger partial charge in [0.05, 0.1) is 0 Å². The maximum Gasteiger partial charge on any atom is 0.0332 e. The van der Waals surface area contributed by atoms with E-state index in [9.17, 15) is 0 Å². The van der Waals surface area contributed by atoms with E-state index in [0.717, 1.165) is 25.9 Å². The van der Waals surface area contributed by atoms with E-state index in [-0.39, 0.29) is 11.6 Å². The van der Waals surface area contributed by atoms with Gasteiger partial charge in [-0.05, 0) is 32.9 Å². The van der Waals surface area contributed by atoms with Gasteiger partial charge in [-0.25, -0.2) is 0 Å². The highest BCUT2D eigenvalue weighted by Gasteiger charge is 2.33. The first-order valence-electron chi connectivity index (χ1n) is 5.68. The molecule has 2 atom stereocenters. The average Bonchev–Trinajstić information content (AvgIpc) is 2.19. The molecule has 0 bridgehead atoms. The predicted molar refractivity (Wildman–Crippen MR) is 64.4 cm³/mol. The zero-order chi connectivity index (χ0) is 11.2. The van der Waals surface area contributed by atoms with Gasteiger partial charge >= 0.3 is 0 Å². The number of hydrogen-bond donors (Lipinski definition) is 1. The largest absolute Gasteiger partial charge is 0.326 e. The van der Waals surface area contributed by atoms with Crippen LogP contribution in [0.1, 0.15) is 40.5 Å². The van der Waals surface area contributed by atoms with Crippen LogP contribution in [0, 0.1) is 0 Å². The highest BCUT2D eigenvalue weighted by molar-refractivity contribution is 4.96. The molecule has 0 spiro atoms. The lowest BCUT2D eigenvalue weighted by Crippen LogP contribution is -2.57. The molecular formula is C12H26N2. The lowest BCUT2D eigenvalue weighted by molar-refractivity contribution is 0.0854. The molecule has 0 rings (SSSR count). The molecule has 0 heterocycles.